The van der Waals surface area contributed by atoms with Crippen molar-refractivity contribution in [1.82, 2.24) is 19.7 Å². The molecule has 1 aromatic carbocycles. The quantitative estimate of drug-likeness (QED) is 0.751. The molecular formula is C20H23N5O. The Hall–Kier alpha value is -3.15. The van der Waals surface area contributed by atoms with Gasteiger partial charge < -0.3 is 4.90 Å². The van der Waals surface area contributed by atoms with Crippen molar-refractivity contribution in [2.75, 3.05) is 12.4 Å². The van der Waals surface area contributed by atoms with Crippen molar-refractivity contribution in [3.63, 3.8) is 0 Å². The van der Waals surface area contributed by atoms with E-state index in [4.69, 9.17) is 0 Å². The molecule has 134 valence electrons. The van der Waals surface area contributed by atoms with Gasteiger partial charge in [0.2, 0.25) is 0 Å². The number of carbonyl (C=O) groups excluding carboxylic acids is 1. The average Bonchev–Trinajstić information content (AvgIpc) is 3.04. The van der Waals surface area contributed by atoms with Gasteiger partial charge in [-0.25, -0.2) is 9.48 Å². The van der Waals surface area contributed by atoms with E-state index in [0.717, 1.165) is 23.2 Å². The van der Waals surface area contributed by atoms with Crippen LogP contribution in [0.2, 0.25) is 0 Å². The Morgan fingerprint density at radius 2 is 1.88 bits per heavy atom. The first-order chi connectivity index (χ1) is 12.6. The van der Waals surface area contributed by atoms with E-state index in [9.17, 15) is 4.79 Å². The Bertz CT molecular complexity index is 860. The van der Waals surface area contributed by atoms with Crippen LogP contribution in [0.5, 0.6) is 0 Å². The molecule has 26 heavy (non-hydrogen) atoms. The summed E-state index contributed by atoms with van der Waals surface area (Å²) < 4.78 is 1.77. The summed E-state index contributed by atoms with van der Waals surface area (Å²) in [7, 11) is 1.80. The summed E-state index contributed by atoms with van der Waals surface area (Å²) in [5, 5.41) is 7.43. The van der Waals surface area contributed by atoms with E-state index in [0.29, 0.717) is 5.82 Å². The molecule has 0 bridgehead atoms. The number of aromatic nitrogens is 3. The van der Waals surface area contributed by atoms with Gasteiger partial charge in [0.15, 0.2) is 5.82 Å². The highest BCUT2D eigenvalue weighted by Crippen LogP contribution is 2.23. The van der Waals surface area contributed by atoms with Gasteiger partial charge in [-0.05, 0) is 43.2 Å². The predicted molar refractivity (Wildman–Crippen MR) is 102 cm³/mol. The number of pyridine rings is 1. The average molecular weight is 349 g/mol. The summed E-state index contributed by atoms with van der Waals surface area (Å²) >= 11 is 0. The fraction of sp³-hybridized carbons (Fsp3) is 0.250. The molecular weight excluding hydrogens is 326 g/mol. The zero-order valence-corrected chi connectivity index (χ0v) is 15.3. The number of nitrogens with one attached hydrogen (secondary N) is 1. The molecule has 1 atom stereocenters. The van der Waals surface area contributed by atoms with Gasteiger partial charge in [-0.1, -0.05) is 25.1 Å². The molecule has 6 heteroatoms. The van der Waals surface area contributed by atoms with Crippen LogP contribution < -0.4 is 5.32 Å². The number of anilines is 1. The van der Waals surface area contributed by atoms with Crippen LogP contribution >= 0.6 is 0 Å². The van der Waals surface area contributed by atoms with Crippen LogP contribution in [0.15, 0.2) is 61.1 Å². The molecule has 1 unspecified atom stereocenters. The maximum Gasteiger partial charge on any atom is 0.323 e. The molecule has 3 rings (SSSR count). The third-order valence-electron chi connectivity index (χ3n) is 4.41. The Balaban J connectivity index is 1.76. The van der Waals surface area contributed by atoms with E-state index in [1.54, 1.807) is 29.0 Å². The summed E-state index contributed by atoms with van der Waals surface area (Å²) in [5.74, 6) is 0.565. The third kappa shape index (κ3) is 3.74. The van der Waals surface area contributed by atoms with Crippen molar-refractivity contribution in [1.29, 1.82) is 0 Å². The topological polar surface area (TPSA) is 63.1 Å². The maximum atomic E-state index is 12.7. The van der Waals surface area contributed by atoms with E-state index >= 15 is 0 Å². The van der Waals surface area contributed by atoms with Crippen molar-refractivity contribution in [2.45, 2.75) is 26.3 Å². The number of amides is 2. The maximum absolute atomic E-state index is 12.7. The molecule has 2 aromatic heterocycles. The Kier molecular flexibility index (Phi) is 5.31. The molecule has 2 amide bonds. The third-order valence-corrected chi connectivity index (χ3v) is 4.41. The van der Waals surface area contributed by atoms with Gasteiger partial charge >= 0.3 is 6.03 Å². The molecule has 3 aromatic rings. The summed E-state index contributed by atoms with van der Waals surface area (Å²) in [6, 6.07) is 13.5. The molecule has 0 spiro atoms. The summed E-state index contributed by atoms with van der Waals surface area (Å²) in [6.45, 7) is 3.99. The second-order valence-electron chi connectivity index (χ2n) is 6.19. The predicted octanol–water partition coefficient (Wildman–Crippen LogP) is 4.19. The fourth-order valence-corrected chi connectivity index (χ4v) is 2.95. The van der Waals surface area contributed by atoms with E-state index in [1.165, 1.54) is 0 Å². The lowest BCUT2D eigenvalue weighted by Gasteiger charge is -2.27. The first kappa shape index (κ1) is 17.7. The van der Waals surface area contributed by atoms with Gasteiger partial charge in [-0.2, -0.15) is 0 Å². The molecule has 0 radical (unpaired) electrons. The molecule has 0 aliphatic carbocycles. The zero-order chi connectivity index (χ0) is 18.5. The van der Waals surface area contributed by atoms with E-state index < -0.39 is 0 Å². The molecule has 6 nitrogen and oxygen atoms in total. The lowest BCUT2D eigenvalue weighted by atomic mass is 10.1. The number of aryl methyl sites for hydroxylation is 1. The summed E-state index contributed by atoms with van der Waals surface area (Å²) in [6.07, 6.45) is 6.21. The minimum Gasteiger partial charge on any atom is -0.321 e. The molecule has 0 saturated carbocycles. The number of carbonyl (C=O) groups is 1. The lowest BCUT2D eigenvalue weighted by molar-refractivity contribution is 0.202. The second-order valence-corrected chi connectivity index (χ2v) is 6.19. The molecule has 0 aliphatic rings. The number of benzene rings is 1. The minimum atomic E-state index is -0.185. The first-order valence-electron chi connectivity index (χ1n) is 8.65. The van der Waals surface area contributed by atoms with Crippen LogP contribution in [-0.4, -0.2) is 32.7 Å². The molecule has 1 N–H and O–H groups in total. The number of nitrogens with zero attached hydrogens (tertiary/aromatic N) is 4. The highest BCUT2D eigenvalue weighted by molar-refractivity contribution is 5.89. The number of hydrogen-bond donors (Lipinski definition) is 1. The van der Waals surface area contributed by atoms with E-state index in [1.807, 2.05) is 55.6 Å². The van der Waals surface area contributed by atoms with Crippen LogP contribution in [0, 0.1) is 6.92 Å². The number of para-hydroxylation sites is 1. The fourth-order valence-electron chi connectivity index (χ4n) is 2.95. The minimum absolute atomic E-state index is 0.0190. The van der Waals surface area contributed by atoms with E-state index in [2.05, 4.69) is 22.3 Å². The van der Waals surface area contributed by atoms with Crippen LogP contribution in [0.1, 0.15) is 30.5 Å². The Morgan fingerprint density at radius 3 is 2.54 bits per heavy atom. The molecule has 2 heterocycles. The van der Waals surface area contributed by atoms with Gasteiger partial charge in [0.1, 0.15) is 0 Å². The van der Waals surface area contributed by atoms with Crippen LogP contribution in [0.3, 0.4) is 0 Å². The second kappa shape index (κ2) is 7.82. The van der Waals surface area contributed by atoms with Crippen LogP contribution in [0.25, 0.3) is 5.69 Å². The van der Waals surface area contributed by atoms with Gasteiger partial charge in [0, 0.05) is 31.2 Å². The number of hydrogen-bond acceptors (Lipinski definition) is 3. The van der Waals surface area contributed by atoms with Gasteiger partial charge in [-0.3, -0.25) is 10.3 Å². The largest absolute Gasteiger partial charge is 0.323 e. The Morgan fingerprint density at radius 1 is 1.19 bits per heavy atom. The molecule has 0 saturated heterocycles. The first-order valence-corrected chi connectivity index (χ1v) is 8.65. The van der Waals surface area contributed by atoms with Crippen molar-refractivity contribution in [3.8, 4) is 5.69 Å². The van der Waals surface area contributed by atoms with Crippen molar-refractivity contribution < 1.29 is 4.79 Å². The zero-order valence-electron chi connectivity index (χ0n) is 15.3. The lowest BCUT2D eigenvalue weighted by Crippen LogP contribution is -2.35. The summed E-state index contributed by atoms with van der Waals surface area (Å²) in [5.41, 5.74) is 2.92. The SMILES string of the molecule is CCC(c1ccncc1)N(C)C(=O)Nc1nn(-c2ccccc2)cc1C. The van der Waals surface area contributed by atoms with Gasteiger partial charge in [-0.15, -0.1) is 5.10 Å². The van der Waals surface area contributed by atoms with Gasteiger partial charge in [0.25, 0.3) is 0 Å². The molecule has 0 fully saturated rings. The number of rotatable bonds is 5. The summed E-state index contributed by atoms with van der Waals surface area (Å²) in [4.78, 5) is 18.5. The van der Waals surface area contributed by atoms with Crippen molar-refractivity contribution in [2.24, 2.45) is 0 Å². The van der Waals surface area contributed by atoms with Crippen LogP contribution in [-0.2, 0) is 0 Å². The monoisotopic (exact) mass is 349 g/mol. The van der Waals surface area contributed by atoms with E-state index in [-0.39, 0.29) is 12.1 Å². The molecule has 0 aliphatic heterocycles. The Labute approximate surface area is 153 Å². The van der Waals surface area contributed by atoms with Crippen molar-refractivity contribution >= 4 is 11.8 Å². The normalized spacial score (nSPS) is 11.8. The van der Waals surface area contributed by atoms with Crippen LogP contribution in [0.4, 0.5) is 10.6 Å². The standard InChI is InChI=1S/C20H23N5O/c1-4-18(16-10-12-21-13-11-16)24(3)20(26)22-19-15(2)14-25(23-19)17-8-6-5-7-9-17/h5-14,18H,4H2,1-3H3,(H,22,23,26). The van der Waals surface area contributed by atoms with Crippen molar-refractivity contribution in [3.05, 3.63) is 72.2 Å². The van der Waals surface area contributed by atoms with Gasteiger partial charge in [0.05, 0.1) is 11.7 Å². The highest BCUT2D eigenvalue weighted by Gasteiger charge is 2.21. The smallest absolute Gasteiger partial charge is 0.321 e. The number of urea groups is 1. The highest BCUT2D eigenvalue weighted by atomic mass is 16.2.